The maximum atomic E-state index is 12.8. The number of hydrogen-bond acceptors (Lipinski definition) is 7. The zero-order valence-electron chi connectivity index (χ0n) is 17.8. The van der Waals surface area contributed by atoms with E-state index < -0.39 is 6.61 Å². The first-order valence-electron chi connectivity index (χ1n) is 10.4. The number of hydrogen-bond donors (Lipinski definition) is 0. The number of para-hydroxylation sites is 1. The molecule has 0 radical (unpaired) electrons. The fourth-order valence-electron chi connectivity index (χ4n) is 3.92. The van der Waals surface area contributed by atoms with Crippen molar-refractivity contribution in [1.82, 2.24) is 18.7 Å². The van der Waals surface area contributed by atoms with Crippen LogP contribution in [0, 0.1) is 0 Å². The van der Waals surface area contributed by atoms with E-state index in [0.717, 1.165) is 23.8 Å². The van der Waals surface area contributed by atoms with E-state index in [-0.39, 0.29) is 17.9 Å². The summed E-state index contributed by atoms with van der Waals surface area (Å²) in [6.07, 6.45) is 0. The number of alkyl halides is 2. The van der Waals surface area contributed by atoms with Gasteiger partial charge in [-0.25, -0.2) is 0 Å². The van der Waals surface area contributed by atoms with Crippen LogP contribution in [0.4, 0.5) is 13.9 Å². The van der Waals surface area contributed by atoms with Gasteiger partial charge < -0.3 is 14.4 Å². The fraction of sp³-hybridized carbons (Fsp3) is 0.318. The summed E-state index contributed by atoms with van der Waals surface area (Å²) in [6, 6.07) is 12.0. The Bertz CT molecular complexity index is 1340. The van der Waals surface area contributed by atoms with E-state index in [1.807, 2.05) is 12.1 Å². The quantitative estimate of drug-likeness (QED) is 0.428. The standard InChI is InChI=1S/C22H21F2N5O3S/c1-27-20(30)16-7-6-14(19-25-22(33-26-19)28-8-10-31-11-9-28)12-17(16)29(27)13-15-4-2-3-5-18(15)32-21(23)24/h2-7,12,21H,8-11,13H2,1H3. The van der Waals surface area contributed by atoms with Crippen molar-refractivity contribution >= 4 is 27.6 Å². The topological polar surface area (TPSA) is 74.4 Å². The summed E-state index contributed by atoms with van der Waals surface area (Å²) < 4.78 is 43.5. The molecular formula is C22H21F2N5O3S. The van der Waals surface area contributed by atoms with Gasteiger partial charge in [-0.3, -0.25) is 14.2 Å². The van der Waals surface area contributed by atoms with E-state index in [2.05, 4.69) is 19.0 Å². The van der Waals surface area contributed by atoms with Crippen LogP contribution in [0.5, 0.6) is 5.75 Å². The number of ether oxygens (including phenoxy) is 2. The number of morpholine rings is 1. The summed E-state index contributed by atoms with van der Waals surface area (Å²) in [5.41, 5.74) is 1.80. The SMILES string of the molecule is Cn1c(=O)c2ccc(-c3nsc(N4CCOCC4)n3)cc2n1Cc1ccccc1OC(F)F. The zero-order valence-corrected chi connectivity index (χ0v) is 18.6. The molecular weight excluding hydrogens is 452 g/mol. The maximum absolute atomic E-state index is 12.8. The molecule has 1 saturated heterocycles. The van der Waals surface area contributed by atoms with Crippen molar-refractivity contribution in [2.45, 2.75) is 13.2 Å². The van der Waals surface area contributed by atoms with E-state index in [9.17, 15) is 13.6 Å². The normalized spacial score (nSPS) is 14.4. The summed E-state index contributed by atoms with van der Waals surface area (Å²) in [5.74, 6) is 0.655. The molecule has 11 heteroatoms. The molecule has 0 atom stereocenters. The molecule has 0 spiro atoms. The maximum Gasteiger partial charge on any atom is 0.387 e. The Labute approximate surface area is 191 Å². The largest absolute Gasteiger partial charge is 0.434 e. The minimum atomic E-state index is -2.93. The monoisotopic (exact) mass is 473 g/mol. The Hall–Kier alpha value is -3.31. The number of aromatic nitrogens is 4. The Morgan fingerprint density at radius 1 is 1.18 bits per heavy atom. The molecule has 1 aliphatic rings. The molecule has 3 heterocycles. The van der Waals surface area contributed by atoms with Crippen LogP contribution in [0.1, 0.15) is 5.56 Å². The molecule has 0 saturated carbocycles. The first-order valence-corrected chi connectivity index (χ1v) is 11.2. The van der Waals surface area contributed by atoms with Crippen LogP contribution < -0.4 is 15.2 Å². The second-order valence-corrected chi connectivity index (χ2v) is 8.33. The molecule has 8 nitrogen and oxygen atoms in total. The molecule has 172 valence electrons. The van der Waals surface area contributed by atoms with Crippen LogP contribution in [-0.4, -0.2) is 51.6 Å². The molecule has 2 aromatic carbocycles. The average Bonchev–Trinajstić information content (AvgIpc) is 3.40. The van der Waals surface area contributed by atoms with Crippen LogP contribution in [0.25, 0.3) is 22.3 Å². The van der Waals surface area contributed by atoms with Crippen LogP contribution in [0.2, 0.25) is 0 Å². The lowest BCUT2D eigenvalue weighted by Gasteiger charge is -2.25. The van der Waals surface area contributed by atoms with Gasteiger partial charge in [0, 0.05) is 42.8 Å². The highest BCUT2D eigenvalue weighted by Crippen LogP contribution is 2.28. The van der Waals surface area contributed by atoms with Crippen LogP contribution in [0.15, 0.2) is 47.3 Å². The third-order valence-corrected chi connectivity index (χ3v) is 6.40. The Balaban J connectivity index is 1.52. The minimum absolute atomic E-state index is 0.0780. The van der Waals surface area contributed by atoms with E-state index in [1.165, 1.54) is 22.3 Å². The predicted octanol–water partition coefficient (Wildman–Crippen LogP) is 3.34. The van der Waals surface area contributed by atoms with Crippen molar-refractivity contribution in [2.24, 2.45) is 7.05 Å². The van der Waals surface area contributed by atoms with Gasteiger partial charge in [0.25, 0.3) is 5.56 Å². The number of halogens is 2. The van der Waals surface area contributed by atoms with E-state index in [1.54, 1.807) is 36.0 Å². The highest BCUT2D eigenvalue weighted by Gasteiger charge is 2.19. The first kappa shape index (κ1) is 21.5. The van der Waals surface area contributed by atoms with Crippen molar-refractivity contribution in [3.8, 4) is 17.1 Å². The van der Waals surface area contributed by atoms with Gasteiger partial charge in [0.15, 0.2) is 5.82 Å². The van der Waals surface area contributed by atoms with Crippen LogP contribution >= 0.6 is 11.5 Å². The third-order valence-electron chi connectivity index (χ3n) is 5.63. The fourth-order valence-corrected chi connectivity index (χ4v) is 4.66. The molecule has 0 aliphatic carbocycles. The van der Waals surface area contributed by atoms with E-state index in [0.29, 0.717) is 35.5 Å². The third kappa shape index (κ3) is 4.21. The molecule has 4 aromatic rings. The average molecular weight is 474 g/mol. The lowest BCUT2D eigenvalue weighted by Crippen LogP contribution is -2.36. The van der Waals surface area contributed by atoms with Gasteiger partial charge >= 0.3 is 6.61 Å². The summed E-state index contributed by atoms with van der Waals surface area (Å²) >= 11 is 1.33. The minimum Gasteiger partial charge on any atom is -0.434 e. The van der Waals surface area contributed by atoms with Crippen molar-refractivity contribution in [2.75, 3.05) is 31.2 Å². The summed E-state index contributed by atoms with van der Waals surface area (Å²) in [7, 11) is 1.65. The molecule has 0 amide bonds. The number of rotatable bonds is 6. The Morgan fingerprint density at radius 3 is 2.76 bits per heavy atom. The lowest BCUT2D eigenvalue weighted by molar-refractivity contribution is -0.0505. The molecule has 33 heavy (non-hydrogen) atoms. The molecule has 0 bridgehead atoms. The second-order valence-electron chi connectivity index (χ2n) is 7.60. The lowest BCUT2D eigenvalue weighted by atomic mass is 10.1. The van der Waals surface area contributed by atoms with Gasteiger partial charge in [-0.2, -0.15) is 18.1 Å². The van der Waals surface area contributed by atoms with Crippen molar-refractivity contribution < 1.29 is 18.3 Å². The molecule has 0 N–H and O–H groups in total. The van der Waals surface area contributed by atoms with Gasteiger partial charge in [-0.1, -0.05) is 24.3 Å². The number of nitrogens with zero attached hydrogens (tertiary/aromatic N) is 5. The number of anilines is 1. The highest BCUT2D eigenvalue weighted by atomic mass is 32.1. The van der Waals surface area contributed by atoms with Gasteiger partial charge in [0.05, 0.1) is 30.7 Å². The summed E-state index contributed by atoms with van der Waals surface area (Å²) in [5, 5.41) is 1.36. The number of benzene rings is 2. The zero-order chi connectivity index (χ0) is 22.9. The Kier molecular flexibility index (Phi) is 5.81. The molecule has 0 unspecified atom stereocenters. The van der Waals surface area contributed by atoms with Crippen molar-refractivity contribution in [1.29, 1.82) is 0 Å². The second kappa shape index (κ2) is 8.91. The van der Waals surface area contributed by atoms with E-state index in [4.69, 9.17) is 4.74 Å². The highest BCUT2D eigenvalue weighted by molar-refractivity contribution is 7.09. The number of fused-ring (bicyclic) bond motifs is 1. The first-order chi connectivity index (χ1) is 16.0. The Morgan fingerprint density at radius 2 is 1.97 bits per heavy atom. The van der Waals surface area contributed by atoms with Crippen LogP contribution in [0.3, 0.4) is 0 Å². The summed E-state index contributed by atoms with van der Waals surface area (Å²) in [6.45, 7) is 0.115. The molecule has 5 rings (SSSR count). The van der Waals surface area contributed by atoms with Gasteiger partial charge in [0.2, 0.25) is 5.13 Å². The molecule has 2 aromatic heterocycles. The van der Waals surface area contributed by atoms with Gasteiger partial charge in [-0.15, -0.1) is 0 Å². The van der Waals surface area contributed by atoms with E-state index >= 15 is 0 Å². The molecule has 1 aliphatic heterocycles. The van der Waals surface area contributed by atoms with Crippen molar-refractivity contribution in [3.63, 3.8) is 0 Å². The van der Waals surface area contributed by atoms with Crippen LogP contribution in [-0.2, 0) is 18.3 Å². The predicted molar refractivity (Wildman–Crippen MR) is 121 cm³/mol. The smallest absolute Gasteiger partial charge is 0.387 e. The van der Waals surface area contributed by atoms with Crippen molar-refractivity contribution in [3.05, 3.63) is 58.4 Å². The van der Waals surface area contributed by atoms with Gasteiger partial charge in [-0.05, 0) is 18.2 Å². The summed E-state index contributed by atoms with van der Waals surface area (Å²) in [4.78, 5) is 19.6. The molecule has 1 fully saturated rings. The van der Waals surface area contributed by atoms with Gasteiger partial charge in [0.1, 0.15) is 5.75 Å².